The lowest BCUT2D eigenvalue weighted by molar-refractivity contribution is -0.112. The summed E-state index contributed by atoms with van der Waals surface area (Å²) in [6.07, 6.45) is 8.07. The van der Waals surface area contributed by atoms with Crippen LogP contribution in [0.1, 0.15) is 26.2 Å². The smallest absolute Gasteiger partial charge is 0.155 e. The zero-order valence-corrected chi connectivity index (χ0v) is 6.63. The van der Waals surface area contributed by atoms with E-state index < -0.39 is 0 Å². The molecule has 0 saturated carbocycles. The van der Waals surface area contributed by atoms with E-state index in [0.29, 0.717) is 12.8 Å². The fraction of sp³-hybridized carbons (Fsp3) is 0.444. The average molecular weight is 152 g/mol. The summed E-state index contributed by atoms with van der Waals surface area (Å²) in [5, 5.41) is 9.02. The van der Waals surface area contributed by atoms with E-state index in [-0.39, 0.29) is 11.5 Å². The van der Waals surface area contributed by atoms with Crippen LogP contribution in [0.4, 0.5) is 0 Å². The number of carbonyl (C=O) groups excluding carboxylic acids is 1. The van der Waals surface area contributed by atoms with Gasteiger partial charge in [0.15, 0.2) is 5.78 Å². The Bertz CT molecular complexity index is 196. The van der Waals surface area contributed by atoms with Crippen LogP contribution in [0.15, 0.2) is 11.8 Å². The van der Waals surface area contributed by atoms with Gasteiger partial charge in [-0.15, -0.1) is 12.3 Å². The molecule has 0 unspecified atom stereocenters. The van der Waals surface area contributed by atoms with Crippen LogP contribution in [0.25, 0.3) is 0 Å². The lowest BCUT2D eigenvalue weighted by atomic mass is 10.2. The molecule has 0 aliphatic carbocycles. The molecule has 0 radical (unpaired) electrons. The van der Waals surface area contributed by atoms with E-state index in [2.05, 4.69) is 5.92 Å². The third-order valence-electron chi connectivity index (χ3n) is 1.12. The fourth-order valence-electron chi connectivity index (χ4n) is 0.678. The monoisotopic (exact) mass is 152 g/mol. The van der Waals surface area contributed by atoms with E-state index in [0.717, 1.165) is 6.42 Å². The van der Waals surface area contributed by atoms with Crippen molar-refractivity contribution in [3.63, 3.8) is 0 Å². The van der Waals surface area contributed by atoms with Crippen molar-refractivity contribution in [2.24, 2.45) is 0 Å². The zero-order chi connectivity index (χ0) is 8.69. The summed E-state index contributed by atoms with van der Waals surface area (Å²) in [6.45, 7) is 1.40. The lowest BCUT2D eigenvalue weighted by Crippen LogP contribution is -1.88. The maximum atomic E-state index is 10.4. The van der Waals surface area contributed by atoms with Crippen molar-refractivity contribution in [2.75, 3.05) is 0 Å². The Labute approximate surface area is 66.9 Å². The predicted octanol–water partition coefficient (Wildman–Crippen LogP) is 1.82. The largest absolute Gasteiger partial charge is 0.512 e. The van der Waals surface area contributed by atoms with Crippen LogP contribution >= 0.6 is 0 Å². The normalized spacial score (nSPS) is 10.7. The van der Waals surface area contributed by atoms with Crippen molar-refractivity contribution in [1.29, 1.82) is 0 Å². The summed E-state index contributed by atoms with van der Waals surface area (Å²) in [6, 6.07) is 0. The molecule has 0 atom stereocenters. The molecule has 0 rings (SSSR count). The highest BCUT2D eigenvalue weighted by Gasteiger charge is 1.94. The molecule has 2 heteroatoms. The third-order valence-corrected chi connectivity index (χ3v) is 1.12. The molecule has 0 amide bonds. The molecule has 1 N–H and O–H groups in total. The van der Waals surface area contributed by atoms with Gasteiger partial charge in [-0.2, -0.15) is 0 Å². The fourth-order valence-corrected chi connectivity index (χ4v) is 0.678. The van der Waals surface area contributed by atoms with Gasteiger partial charge in [-0.25, -0.2) is 0 Å². The van der Waals surface area contributed by atoms with Gasteiger partial charge < -0.3 is 5.11 Å². The topological polar surface area (TPSA) is 37.3 Å². The highest BCUT2D eigenvalue weighted by Crippen LogP contribution is 2.02. The quantitative estimate of drug-likeness (QED) is 0.289. The number of aliphatic hydroxyl groups is 1. The molecule has 0 spiro atoms. The van der Waals surface area contributed by atoms with Crippen LogP contribution < -0.4 is 0 Å². The number of hydrogen-bond donors (Lipinski definition) is 1. The van der Waals surface area contributed by atoms with Crippen molar-refractivity contribution < 1.29 is 9.90 Å². The first-order chi connectivity index (χ1) is 5.16. The van der Waals surface area contributed by atoms with Gasteiger partial charge >= 0.3 is 0 Å². The standard InChI is InChI=1S/C9H12O2/c1-3-4-5-6-9(11)7-8(2)10/h1,7,11H,4-6H2,2H3/b9-7-. The molecule has 11 heavy (non-hydrogen) atoms. The predicted molar refractivity (Wildman–Crippen MR) is 44.1 cm³/mol. The highest BCUT2D eigenvalue weighted by molar-refractivity contribution is 5.87. The maximum absolute atomic E-state index is 10.4. The lowest BCUT2D eigenvalue weighted by Gasteiger charge is -1.94. The van der Waals surface area contributed by atoms with E-state index in [4.69, 9.17) is 11.5 Å². The van der Waals surface area contributed by atoms with Crippen molar-refractivity contribution in [3.8, 4) is 12.3 Å². The first kappa shape index (κ1) is 9.77. The molecule has 0 heterocycles. The molecule has 0 saturated heterocycles. The minimum absolute atomic E-state index is 0.118. The average Bonchev–Trinajstić information content (AvgIpc) is 1.86. The summed E-state index contributed by atoms with van der Waals surface area (Å²) >= 11 is 0. The third kappa shape index (κ3) is 6.66. The summed E-state index contributed by atoms with van der Waals surface area (Å²) in [5.41, 5.74) is 0. The minimum Gasteiger partial charge on any atom is -0.512 e. The van der Waals surface area contributed by atoms with Gasteiger partial charge in [-0.3, -0.25) is 4.79 Å². The Hall–Kier alpha value is -1.23. The summed E-state index contributed by atoms with van der Waals surface area (Å²) < 4.78 is 0. The zero-order valence-electron chi connectivity index (χ0n) is 6.63. The molecule has 2 nitrogen and oxygen atoms in total. The summed E-state index contributed by atoms with van der Waals surface area (Å²) in [4.78, 5) is 10.4. The van der Waals surface area contributed by atoms with E-state index in [1.54, 1.807) is 0 Å². The summed E-state index contributed by atoms with van der Waals surface area (Å²) in [7, 11) is 0. The number of terminal acetylenes is 1. The van der Waals surface area contributed by atoms with Gasteiger partial charge in [0.25, 0.3) is 0 Å². The Morgan fingerprint density at radius 2 is 2.36 bits per heavy atom. The van der Waals surface area contributed by atoms with Gasteiger partial charge in [0.05, 0.1) is 5.76 Å². The van der Waals surface area contributed by atoms with Gasteiger partial charge in [0.1, 0.15) is 0 Å². The molecule has 0 aromatic carbocycles. The first-order valence-corrected chi connectivity index (χ1v) is 3.50. The molecular formula is C9H12O2. The first-order valence-electron chi connectivity index (χ1n) is 3.50. The highest BCUT2D eigenvalue weighted by atomic mass is 16.3. The molecular weight excluding hydrogens is 140 g/mol. The Kier molecular flexibility index (Phi) is 4.93. The van der Waals surface area contributed by atoms with Crippen molar-refractivity contribution in [3.05, 3.63) is 11.8 Å². The SMILES string of the molecule is C#CCCC/C(O)=C/C(C)=O. The second-order valence-electron chi connectivity index (χ2n) is 2.30. The number of rotatable bonds is 4. The van der Waals surface area contributed by atoms with E-state index in [1.165, 1.54) is 13.0 Å². The molecule has 0 bridgehead atoms. The number of hydrogen-bond acceptors (Lipinski definition) is 2. The number of ketones is 1. The Morgan fingerprint density at radius 1 is 1.73 bits per heavy atom. The minimum atomic E-state index is -0.136. The van der Waals surface area contributed by atoms with E-state index in [9.17, 15) is 4.79 Å². The van der Waals surface area contributed by atoms with E-state index >= 15 is 0 Å². The van der Waals surface area contributed by atoms with Crippen molar-refractivity contribution >= 4 is 5.78 Å². The van der Waals surface area contributed by atoms with Crippen LogP contribution in [0.3, 0.4) is 0 Å². The van der Waals surface area contributed by atoms with Gasteiger partial charge in [-0.05, 0) is 13.3 Å². The van der Waals surface area contributed by atoms with Gasteiger partial charge in [0, 0.05) is 18.9 Å². The van der Waals surface area contributed by atoms with Crippen LogP contribution in [0.5, 0.6) is 0 Å². The van der Waals surface area contributed by atoms with Gasteiger partial charge in [0.2, 0.25) is 0 Å². The number of aliphatic hydroxyl groups excluding tert-OH is 1. The van der Waals surface area contributed by atoms with Crippen LogP contribution in [0.2, 0.25) is 0 Å². The summed E-state index contributed by atoms with van der Waals surface area (Å²) in [5.74, 6) is 2.44. The van der Waals surface area contributed by atoms with Gasteiger partial charge in [-0.1, -0.05) is 0 Å². The molecule has 0 aromatic heterocycles. The second kappa shape index (κ2) is 5.55. The van der Waals surface area contributed by atoms with Crippen molar-refractivity contribution in [1.82, 2.24) is 0 Å². The number of carbonyl (C=O) groups is 1. The number of allylic oxidation sites excluding steroid dienone is 2. The van der Waals surface area contributed by atoms with Crippen LogP contribution in [0, 0.1) is 12.3 Å². The molecule has 0 aromatic rings. The molecule has 60 valence electrons. The maximum Gasteiger partial charge on any atom is 0.155 e. The Balaban J connectivity index is 3.61. The molecule has 0 aliphatic heterocycles. The molecule has 0 fully saturated rings. The molecule has 0 aliphatic rings. The van der Waals surface area contributed by atoms with Crippen molar-refractivity contribution in [2.45, 2.75) is 26.2 Å². The Morgan fingerprint density at radius 3 is 2.82 bits per heavy atom. The van der Waals surface area contributed by atoms with Crippen LogP contribution in [-0.4, -0.2) is 10.9 Å². The van der Waals surface area contributed by atoms with E-state index in [1.807, 2.05) is 0 Å². The van der Waals surface area contributed by atoms with Crippen LogP contribution in [-0.2, 0) is 4.79 Å². The number of unbranched alkanes of at least 4 members (excludes halogenated alkanes) is 1. The second-order valence-corrected chi connectivity index (χ2v) is 2.30.